The lowest BCUT2D eigenvalue weighted by atomic mass is 9.87. The van der Waals surface area contributed by atoms with E-state index in [9.17, 15) is 4.79 Å². The Balaban J connectivity index is 2.66. The molecule has 1 aromatic heterocycles. The zero-order valence-electron chi connectivity index (χ0n) is 13.3. The molecular weight excluding hydrogens is 248 g/mol. The van der Waals surface area contributed by atoms with Gasteiger partial charge in [0.1, 0.15) is 5.78 Å². The van der Waals surface area contributed by atoms with E-state index in [0.717, 1.165) is 5.56 Å². The number of nitrogens with one attached hydrogen (secondary N) is 1. The van der Waals surface area contributed by atoms with Gasteiger partial charge in [-0.25, -0.2) is 0 Å². The third-order valence-electron chi connectivity index (χ3n) is 4.76. The zero-order valence-corrected chi connectivity index (χ0v) is 13.3. The molecule has 2 aromatic rings. The molecule has 0 bridgehead atoms. The minimum atomic E-state index is -0.811. The van der Waals surface area contributed by atoms with E-state index in [1.54, 1.807) is 13.8 Å². The van der Waals surface area contributed by atoms with Gasteiger partial charge < -0.3 is 10.7 Å². The maximum Gasteiger partial charge on any atom is 0.149 e. The average Bonchev–Trinajstić information content (AvgIpc) is 2.76. The van der Waals surface area contributed by atoms with Gasteiger partial charge in [0.15, 0.2) is 0 Å². The predicted molar refractivity (Wildman–Crippen MR) is 84.2 cm³/mol. The summed E-state index contributed by atoms with van der Waals surface area (Å²) in [4.78, 5) is 15.0. The molecule has 1 unspecified atom stereocenters. The molecule has 108 valence electrons. The van der Waals surface area contributed by atoms with Crippen molar-refractivity contribution in [1.82, 2.24) is 4.98 Å². The summed E-state index contributed by atoms with van der Waals surface area (Å²) in [5.41, 5.74) is 12.8. The van der Waals surface area contributed by atoms with Gasteiger partial charge in [0, 0.05) is 17.1 Å². The molecule has 3 N–H and O–H groups in total. The van der Waals surface area contributed by atoms with Crippen LogP contribution in [-0.2, 0) is 11.2 Å². The van der Waals surface area contributed by atoms with Crippen LogP contribution < -0.4 is 5.73 Å². The molecule has 0 saturated heterocycles. The summed E-state index contributed by atoms with van der Waals surface area (Å²) in [5.74, 6) is 0.0186. The van der Waals surface area contributed by atoms with E-state index in [1.807, 2.05) is 6.20 Å². The standard InChI is InChI=1S/C17H24N2O/c1-9-10(2)12(4)16-15(11(9)3)14(8-19-16)7-17(6,18)13(5)20/h8,19H,7,18H2,1-6H3. The Morgan fingerprint density at radius 1 is 1.15 bits per heavy atom. The van der Waals surface area contributed by atoms with Crippen LogP contribution in [0.5, 0.6) is 0 Å². The number of nitrogens with two attached hydrogens (primary N) is 1. The van der Waals surface area contributed by atoms with Crippen LogP contribution in [0.2, 0.25) is 0 Å². The number of fused-ring (bicyclic) bond motifs is 1. The van der Waals surface area contributed by atoms with Crippen molar-refractivity contribution in [2.24, 2.45) is 5.73 Å². The largest absolute Gasteiger partial charge is 0.361 e. The third-order valence-corrected chi connectivity index (χ3v) is 4.76. The van der Waals surface area contributed by atoms with Crippen LogP contribution in [0.15, 0.2) is 6.20 Å². The van der Waals surface area contributed by atoms with Crippen molar-refractivity contribution in [2.45, 2.75) is 53.5 Å². The molecule has 0 amide bonds. The first kappa shape index (κ1) is 14.8. The Hall–Kier alpha value is -1.61. The van der Waals surface area contributed by atoms with Crippen LogP contribution in [-0.4, -0.2) is 16.3 Å². The topological polar surface area (TPSA) is 58.9 Å². The molecule has 2 rings (SSSR count). The number of aromatic amines is 1. The molecule has 3 nitrogen and oxygen atoms in total. The second-order valence-electron chi connectivity index (χ2n) is 6.21. The van der Waals surface area contributed by atoms with E-state index < -0.39 is 5.54 Å². The lowest BCUT2D eigenvalue weighted by Gasteiger charge is -2.21. The first-order valence-corrected chi connectivity index (χ1v) is 7.03. The quantitative estimate of drug-likeness (QED) is 0.901. The number of rotatable bonds is 3. The number of ketones is 1. The summed E-state index contributed by atoms with van der Waals surface area (Å²) in [6, 6.07) is 0. The summed E-state index contributed by atoms with van der Waals surface area (Å²) < 4.78 is 0. The van der Waals surface area contributed by atoms with E-state index in [4.69, 9.17) is 5.73 Å². The Morgan fingerprint density at radius 2 is 1.70 bits per heavy atom. The molecule has 1 atom stereocenters. The Labute approximate surface area is 120 Å². The summed E-state index contributed by atoms with van der Waals surface area (Å²) in [6.45, 7) is 11.9. The zero-order chi connectivity index (χ0) is 15.2. The molecule has 0 radical (unpaired) electrons. The van der Waals surface area contributed by atoms with Gasteiger partial charge in [-0.15, -0.1) is 0 Å². The molecule has 3 heteroatoms. The van der Waals surface area contributed by atoms with Gasteiger partial charge in [-0.2, -0.15) is 0 Å². The third kappa shape index (κ3) is 2.16. The van der Waals surface area contributed by atoms with Gasteiger partial charge in [0.05, 0.1) is 5.54 Å². The lowest BCUT2D eigenvalue weighted by Crippen LogP contribution is -2.45. The fourth-order valence-electron chi connectivity index (χ4n) is 2.79. The summed E-state index contributed by atoms with van der Waals surface area (Å²) in [6.07, 6.45) is 2.56. The number of carbonyl (C=O) groups excluding carboxylic acids is 1. The Kier molecular flexibility index (Phi) is 3.51. The van der Waals surface area contributed by atoms with Gasteiger partial charge in [0.25, 0.3) is 0 Å². The second kappa shape index (κ2) is 4.74. The lowest BCUT2D eigenvalue weighted by molar-refractivity contribution is -0.121. The molecule has 0 saturated carbocycles. The average molecular weight is 272 g/mol. The number of Topliss-reactive ketones (excluding diaryl/α,β-unsaturated/α-hetero) is 1. The van der Waals surface area contributed by atoms with Crippen LogP contribution in [0.25, 0.3) is 10.9 Å². The van der Waals surface area contributed by atoms with Crippen molar-refractivity contribution in [3.05, 3.63) is 34.0 Å². The monoisotopic (exact) mass is 272 g/mol. The Morgan fingerprint density at radius 3 is 2.25 bits per heavy atom. The normalized spacial score (nSPS) is 14.6. The molecule has 20 heavy (non-hydrogen) atoms. The fraction of sp³-hybridized carbons (Fsp3) is 0.471. The van der Waals surface area contributed by atoms with Crippen molar-refractivity contribution in [3.63, 3.8) is 0 Å². The van der Waals surface area contributed by atoms with Gasteiger partial charge in [0.2, 0.25) is 0 Å². The van der Waals surface area contributed by atoms with Crippen molar-refractivity contribution in [2.75, 3.05) is 0 Å². The molecule has 0 aliphatic rings. The van der Waals surface area contributed by atoms with Crippen LogP contribution in [0.3, 0.4) is 0 Å². The number of benzene rings is 1. The molecule has 0 spiro atoms. The van der Waals surface area contributed by atoms with Crippen molar-refractivity contribution >= 4 is 16.7 Å². The molecule has 1 heterocycles. The van der Waals surface area contributed by atoms with Crippen molar-refractivity contribution < 1.29 is 4.79 Å². The van der Waals surface area contributed by atoms with E-state index in [0.29, 0.717) is 6.42 Å². The van der Waals surface area contributed by atoms with Crippen LogP contribution in [0, 0.1) is 27.7 Å². The number of aryl methyl sites for hydroxylation is 2. The highest BCUT2D eigenvalue weighted by Gasteiger charge is 2.26. The minimum Gasteiger partial charge on any atom is -0.361 e. The van der Waals surface area contributed by atoms with Crippen molar-refractivity contribution in [1.29, 1.82) is 0 Å². The van der Waals surface area contributed by atoms with E-state index >= 15 is 0 Å². The molecule has 0 fully saturated rings. The molecular formula is C17H24N2O. The molecule has 0 aliphatic heterocycles. The Bertz CT molecular complexity index is 693. The fourth-order valence-corrected chi connectivity index (χ4v) is 2.79. The maximum absolute atomic E-state index is 11.7. The van der Waals surface area contributed by atoms with Crippen LogP contribution in [0.1, 0.15) is 41.7 Å². The van der Waals surface area contributed by atoms with Gasteiger partial charge in [-0.3, -0.25) is 4.79 Å². The SMILES string of the molecule is CC(=O)C(C)(N)Cc1c[nH]c2c(C)c(C)c(C)c(C)c12. The number of carbonyl (C=O) groups is 1. The smallest absolute Gasteiger partial charge is 0.149 e. The highest BCUT2D eigenvalue weighted by Crippen LogP contribution is 2.32. The second-order valence-corrected chi connectivity index (χ2v) is 6.21. The van der Waals surface area contributed by atoms with E-state index in [-0.39, 0.29) is 5.78 Å². The van der Waals surface area contributed by atoms with Gasteiger partial charge >= 0.3 is 0 Å². The number of H-pyrrole nitrogens is 1. The highest BCUT2D eigenvalue weighted by atomic mass is 16.1. The van der Waals surface area contributed by atoms with E-state index in [1.165, 1.54) is 33.2 Å². The summed E-state index contributed by atoms with van der Waals surface area (Å²) in [7, 11) is 0. The minimum absolute atomic E-state index is 0.0186. The van der Waals surface area contributed by atoms with Gasteiger partial charge in [-0.05, 0) is 75.8 Å². The highest BCUT2D eigenvalue weighted by molar-refractivity contribution is 5.92. The number of aromatic nitrogens is 1. The van der Waals surface area contributed by atoms with Crippen molar-refractivity contribution in [3.8, 4) is 0 Å². The maximum atomic E-state index is 11.7. The summed E-state index contributed by atoms with van der Waals surface area (Å²) in [5, 5.41) is 1.23. The first-order valence-electron chi connectivity index (χ1n) is 7.03. The van der Waals surface area contributed by atoms with Crippen LogP contribution >= 0.6 is 0 Å². The molecule has 1 aromatic carbocycles. The van der Waals surface area contributed by atoms with Gasteiger partial charge in [-0.1, -0.05) is 0 Å². The van der Waals surface area contributed by atoms with Crippen LogP contribution in [0.4, 0.5) is 0 Å². The first-order chi connectivity index (χ1) is 9.16. The number of hydrogen-bond acceptors (Lipinski definition) is 2. The number of hydrogen-bond donors (Lipinski definition) is 2. The summed E-state index contributed by atoms with van der Waals surface area (Å²) >= 11 is 0. The van der Waals surface area contributed by atoms with E-state index in [2.05, 4.69) is 32.7 Å². The predicted octanol–water partition coefficient (Wildman–Crippen LogP) is 3.25. The molecule has 0 aliphatic carbocycles.